The largest absolute Gasteiger partial charge is 0.354 e. The number of rotatable bonds is 4. The summed E-state index contributed by atoms with van der Waals surface area (Å²) in [6.45, 7) is 5.74. The Bertz CT molecular complexity index is 236. The predicted octanol–water partition coefficient (Wildman–Crippen LogP) is 1.62. The Morgan fingerprint density at radius 3 is 2.69 bits per heavy atom. The highest BCUT2D eigenvalue weighted by atomic mass is 16.2. The van der Waals surface area contributed by atoms with Gasteiger partial charge in [0.05, 0.1) is 6.07 Å². The Balaban J connectivity index is 3.83. The first-order valence-corrected chi connectivity index (χ1v) is 4.35. The van der Waals surface area contributed by atoms with E-state index >= 15 is 0 Å². The maximum Gasteiger partial charge on any atom is 0.239 e. The first-order valence-electron chi connectivity index (χ1n) is 4.35. The predicted molar refractivity (Wildman–Crippen MR) is 51.8 cm³/mol. The van der Waals surface area contributed by atoms with Crippen LogP contribution in [0, 0.1) is 16.7 Å². The number of nitrogens with one attached hydrogen (secondary N) is 1. The van der Waals surface area contributed by atoms with Crippen molar-refractivity contribution in [3.8, 4) is 6.07 Å². The smallest absolute Gasteiger partial charge is 0.239 e. The van der Waals surface area contributed by atoms with E-state index in [-0.39, 0.29) is 5.91 Å². The lowest BCUT2D eigenvalue weighted by molar-refractivity contribution is -0.126. The van der Waals surface area contributed by atoms with Crippen LogP contribution in [0.3, 0.4) is 0 Å². The van der Waals surface area contributed by atoms with E-state index < -0.39 is 5.41 Å². The lowest BCUT2D eigenvalue weighted by atomic mass is 9.95. The molecule has 0 aliphatic heterocycles. The molecule has 13 heavy (non-hydrogen) atoms. The van der Waals surface area contributed by atoms with Gasteiger partial charge in [0.15, 0.2) is 0 Å². The Hall–Kier alpha value is -1.30. The summed E-state index contributed by atoms with van der Waals surface area (Å²) in [5.41, 5.74) is -0.921. The lowest BCUT2D eigenvalue weighted by Gasteiger charge is -2.14. The van der Waals surface area contributed by atoms with E-state index in [1.165, 1.54) is 0 Å². The minimum atomic E-state index is -0.921. The molecule has 72 valence electrons. The van der Waals surface area contributed by atoms with Crippen LogP contribution >= 0.6 is 0 Å². The fourth-order valence-electron chi connectivity index (χ4n) is 0.707. The maximum atomic E-state index is 11.3. The highest BCUT2D eigenvalue weighted by Crippen LogP contribution is 2.12. The highest BCUT2D eigenvalue weighted by molar-refractivity contribution is 5.84. The molecule has 0 heterocycles. The third-order valence-electron chi connectivity index (χ3n) is 1.68. The van der Waals surface area contributed by atoms with Gasteiger partial charge in [0, 0.05) is 6.54 Å². The molecule has 0 bridgehead atoms. The average molecular weight is 180 g/mol. The number of allylic oxidation sites excluding steroid dienone is 1. The minimum absolute atomic E-state index is 0.209. The molecule has 1 amide bonds. The number of nitriles is 1. The minimum Gasteiger partial charge on any atom is -0.354 e. The molecule has 3 nitrogen and oxygen atoms in total. The zero-order valence-corrected chi connectivity index (χ0v) is 8.42. The van der Waals surface area contributed by atoms with E-state index in [9.17, 15) is 4.79 Å². The van der Waals surface area contributed by atoms with Gasteiger partial charge in [-0.05, 0) is 27.2 Å². The average Bonchev–Trinajstić information content (AvgIpc) is 2.12. The summed E-state index contributed by atoms with van der Waals surface area (Å²) in [6.07, 6.45) is 4.71. The standard InChI is InChI=1S/C10H16N2O/c1-4-5-6-7-12-9(13)10(2,3)8-11/h4-5H,6-7H2,1-3H3,(H,12,13)/b5-4+. The van der Waals surface area contributed by atoms with Gasteiger partial charge >= 0.3 is 0 Å². The summed E-state index contributed by atoms with van der Waals surface area (Å²) >= 11 is 0. The second kappa shape index (κ2) is 5.36. The highest BCUT2D eigenvalue weighted by Gasteiger charge is 2.26. The van der Waals surface area contributed by atoms with Crippen molar-refractivity contribution in [2.45, 2.75) is 27.2 Å². The van der Waals surface area contributed by atoms with Crippen LogP contribution in [0.15, 0.2) is 12.2 Å². The van der Waals surface area contributed by atoms with Gasteiger partial charge in [0.1, 0.15) is 5.41 Å². The van der Waals surface area contributed by atoms with E-state index in [0.717, 1.165) is 6.42 Å². The Morgan fingerprint density at radius 2 is 2.23 bits per heavy atom. The summed E-state index contributed by atoms with van der Waals surface area (Å²) < 4.78 is 0. The SMILES string of the molecule is C/C=C/CCNC(=O)C(C)(C)C#N. The molecule has 3 heteroatoms. The van der Waals surface area contributed by atoms with Crippen LogP contribution in [-0.2, 0) is 4.79 Å². The first kappa shape index (κ1) is 11.7. The van der Waals surface area contributed by atoms with Gasteiger partial charge in [-0.3, -0.25) is 4.79 Å². The van der Waals surface area contributed by atoms with Crippen LogP contribution in [-0.4, -0.2) is 12.5 Å². The van der Waals surface area contributed by atoms with Gasteiger partial charge in [0.2, 0.25) is 5.91 Å². The Labute approximate surface area is 79.4 Å². The molecule has 0 unspecified atom stereocenters. The van der Waals surface area contributed by atoms with Crippen molar-refractivity contribution in [3.63, 3.8) is 0 Å². The van der Waals surface area contributed by atoms with E-state index in [0.29, 0.717) is 6.54 Å². The second-order valence-corrected chi connectivity index (χ2v) is 3.35. The van der Waals surface area contributed by atoms with Crippen molar-refractivity contribution in [3.05, 3.63) is 12.2 Å². The van der Waals surface area contributed by atoms with Crippen LogP contribution in [0.1, 0.15) is 27.2 Å². The monoisotopic (exact) mass is 180 g/mol. The summed E-state index contributed by atoms with van der Waals surface area (Å²) in [6, 6.07) is 1.95. The molecule has 0 fully saturated rings. The van der Waals surface area contributed by atoms with Crippen LogP contribution < -0.4 is 5.32 Å². The Kier molecular flexibility index (Phi) is 4.83. The van der Waals surface area contributed by atoms with Crippen molar-refractivity contribution >= 4 is 5.91 Å². The van der Waals surface area contributed by atoms with Gasteiger partial charge in [-0.1, -0.05) is 12.2 Å². The molecule has 0 aliphatic carbocycles. The third kappa shape index (κ3) is 4.32. The molecule has 0 aromatic rings. The zero-order chi connectivity index (χ0) is 10.3. The number of hydrogen-bond acceptors (Lipinski definition) is 2. The number of nitrogens with zero attached hydrogens (tertiary/aromatic N) is 1. The zero-order valence-electron chi connectivity index (χ0n) is 8.42. The first-order chi connectivity index (χ1) is 6.04. The molecular formula is C10H16N2O. The quantitative estimate of drug-likeness (QED) is 0.528. The molecule has 0 radical (unpaired) electrons. The van der Waals surface area contributed by atoms with Gasteiger partial charge in [0.25, 0.3) is 0 Å². The van der Waals surface area contributed by atoms with Crippen molar-refractivity contribution in [2.75, 3.05) is 6.54 Å². The van der Waals surface area contributed by atoms with E-state index in [1.54, 1.807) is 13.8 Å². The second-order valence-electron chi connectivity index (χ2n) is 3.35. The summed E-state index contributed by atoms with van der Waals surface area (Å²) in [5, 5.41) is 11.3. The molecule has 0 atom stereocenters. The summed E-state index contributed by atoms with van der Waals surface area (Å²) in [7, 11) is 0. The number of hydrogen-bond donors (Lipinski definition) is 1. The lowest BCUT2D eigenvalue weighted by Crippen LogP contribution is -2.36. The van der Waals surface area contributed by atoms with Crippen molar-refractivity contribution < 1.29 is 4.79 Å². The molecule has 1 N–H and O–H groups in total. The third-order valence-corrected chi connectivity index (χ3v) is 1.68. The number of carbonyl (C=O) groups is 1. The van der Waals surface area contributed by atoms with Crippen LogP contribution in [0.4, 0.5) is 0 Å². The summed E-state index contributed by atoms with van der Waals surface area (Å²) in [4.78, 5) is 11.3. The van der Waals surface area contributed by atoms with E-state index in [1.807, 2.05) is 25.1 Å². The van der Waals surface area contributed by atoms with Gasteiger partial charge in [-0.25, -0.2) is 0 Å². The topological polar surface area (TPSA) is 52.9 Å². The van der Waals surface area contributed by atoms with Crippen LogP contribution in [0.25, 0.3) is 0 Å². The van der Waals surface area contributed by atoms with Crippen LogP contribution in [0.2, 0.25) is 0 Å². The normalized spacial score (nSPS) is 11.2. The molecule has 0 aliphatic rings. The maximum absolute atomic E-state index is 11.3. The molecule has 0 aromatic carbocycles. The van der Waals surface area contributed by atoms with E-state index in [2.05, 4.69) is 5.32 Å². The molecule has 0 rings (SSSR count). The van der Waals surface area contributed by atoms with Gasteiger partial charge in [-0.15, -0.1) is 0 Å². The number of amides is 1. The van der Waals surface area contributed by atoms with Gasteiger partial charge < -0.3 is 5.32 Å². The molecule has 0 aromatic heterocycles. The molecular weight excluding hydrogens is 164 g/mol. The van der Waals surface area contributed by atoms with E-state index in [4.69, 9.17) is 5.26 Å². The fourth-order valence-corrected chi connectivity index (χ4v) is 0.707. The number of carbonyl (C=O) groups excluding carboxylic acids is 1. The van der Waals surface area contributed by atoms with Crippen molar-refractivity contribution in [1.29, 1.82) is 5.26 Å². The Morgan fingerprint density at radius 1 is 1.62 bits per heavy atom. The fraction of sp³-hybridized carbons (Fsp3) is 0.600. The molecule has 0 spiro atoms. The molecule has 0 saturated heterocycles. The summed E-state index contributed by atoms with van der Waals surface area (Å²) in [5.74, 6) is -0.209. The van der Waals surface area contributed by atoms with Crippen LogP contribution in [0.5, 0.6) is 0 Å². The van der Waals surface area contributed by atoms with Crippen molar-refractivity contribution in [1.82, 2.24) is 5.32 Å². The molecule has 0 saturated carbocycles. The van der Waals surface area contributed by atoms with Crippen molar-refractivity contribution in [2.24, 2.45) is 5.41 Å². The van der Waals surface area contributed by atoms with Gasteiger partial charge in [-0.2, -0.15) is 5.26 Å².